The Hall–Kier alpha value is -1.87. The van der Waals surface area contributed by atoms with Crippen LogP contribution in [0.25, 0.3) is 11.3 Å². The van der Waals surface area contributed by atoms with Gasteiger partial charge in [0.2, 0.25) is 0 Å². The molecule has 25 heavy (non-hydrogen) atoms. The van der Waals surface area contributed by atoms with Gasteiger partial charge in [-0.05, 0) is 0 Å². The van der Waals surface area contributed by atoms with E-state index in [2.05, 4.69) is 25.8 Å². The number of nitrogens with zero attached hydrogens (tertiary/aromatic N) is 1. The summed E-state index contributed by atoms with van der Waals surface area (Å²) in [4.78, 5) is 4.62. The molecule has 0 saturated heterocycles. The van der Waals surface area contributed by atoms with Gasteiger partial charge < -0.3 is 0 Å². The van der Waals surface area contributed by atoms with Crippen molar-refractivity contribution >= 4 is 19.8 Å². The number of hydrogen-bond acceptors (Lipinski definition) is 1. The normalized spacial score (nSPS) is 15.6. The zero-order chi connectivity index (χ0) is 22.2. The van der Waals surface area contributed by atoms with Crippen molar-refractivity contribution in [1.29, 1.82) is 0 Å². The first-order valence-electron chi connectivity index (χ1n) is 10.8. The molecule has 0 unspecified atom stereocenters. The molecule has 0 atom stereocenters. The van der Waals surface area contributed by atoms with E-state index in [9.17, 15) is 0 Å². The van der Waals surface area contributed by atoms with E-state index < -0.39 is 28.7 Å². The molecule has 1 aromatic heterocycles. The van der Waals surface area contributed by atoms with Crippen LogP contribution in [-0.2, 0) is 6.37 Å². The number of pyridine rings is 1. The number of hydrogen-bond donors (Lipinski definition) is 0. The van der Waals surface area contributed by atoms with Gasteiger partial charge in [0.25, 0.3) is 0 Å². The first kappa shape index (κ1) is 12.5. The van der Waals surface area contributed by atoms with E-state index in [1.165, 1.54) is 0 Å². The molecule has 0 fully saturated rings. The van der Waals surface area contributed by atoms with E-state index in [0.29, 0.717) is 16.8 Å². The van der Waals surface area contributed by atoms with Gasteiger partial charge in [-0.3, -0.25) is 0 Å². The fourth-order valence-electron chi connectivity index (χ4n) is 2.54. The van der Waals surface area contributed by atoms with Crippen LogP contribution in [0.5, 0.6) is 0 Å². The van der Waals surface area contributed by atoms with Crippen molar-refractivity contribution in [2.75, 3.05) is 0 Å². The minimum atomic E-state index is -2.15. The fourth-order valence-corrected chi connectivity index (χ4v) is 5.07. The van der Waals surface area contributed by atoms with E-state index >= 15 is 0 Å². The van der Waals surface area contributed by atoms with Crippen LogP contribution in [0.3, 0.4) is 0 Å². The second kappa shape index (κ2) is 7.57. The molecule has 3 aromatic rings. The summed E-state index contributed by atoms with van der Waals surface area (Å²) in [7, 11) is 0. The zero-order valence-corrected chi connectivity index (χ0v) is 16.9. The molecule has 0 amide bonds. The Balaban J connectivity index is 2.11. The summed E-state index contributed by atoms with van der Waals surface area (Å²) in [6, 6.07) is 17.7. The van der Waals surface area contributed by atoms with Crippen molar-refractivity contribution in [2.24, 2.45) is 0 Å². The van der Waals surface area contributed by atoms with Crippen molar-refractivity contribution < 1.29 is 6.85 Å². The van der Waals surface area contributed by atoms with Crippen LogP contribution in [0.4, 0.5) is 0 Å². The second-order valence-electron chi connectivity index (χ2n) is 7.06. The van der Waals surface area contributed by atoms with E-state index in [1.807, 2.05) is 42.6 Å². The van der Waals surface area contributed by atoms with Crippen LogP contribution in [0.15, 0.2) is 66.9 Å². The number of rotatable bonds is 4. The van der Waals surface area contributed by atoms with Crippen LogP contribution >= 0.6 is 0 Å². The summed E-state index contributed by atoms with van der Waals surface area (Å²) in [5, 5.41) is 0. The molecule has 0 aliphatic heterocycles. The summed E-state index contributed by atoms with van der Waals surface area (Å²) in [5.41, 5.74) is 2.96. The van der Waals surface area contributed by atoms with Crippen molar-refractivity contribution in [3.8, 4) is 11.3 Å². The summed E-state index contributed by atoms with van der Waals surface area (Å²) in [6.07, 6.45) is 0.163. The summed E-state index contributed by atoms with van der Waals surface area (Å²) in [5.74, 6) is 0. The molecule has 2 aromatic carbocycles. The average molecular weight is 393 g/mol. The predicted octanol–water partition coefficient (Wildman–Crippen LogP) is 5.20. The Morgan fingerprint density at radius 1 is 1.04 bits per heavy atom. The van der Waals surface area contributed by atoms with Crippen molar-refractivity contribution in [2.45, 2.75) is 38.2 Å². The molecule has 0 aliphatic rings. The number of aryl methyl sites for hydroxylation is 1. The van der Waals surface area contributed by atoms with Gasteiger partial charge in [-0.1, -0.05) is 0 Å². The van der Waals surface area contributed by atoms with E-state index in [0.717, 1.165) is 9.96 Å². The maximum atomic E-state index is 8.92. The van der Waals surface area contributed by atoms with E-state index in [1.54, 1.807) is 24.3 Å². The van der Waals surface area contributed by atoms with Crippen LogP contribution in [0, 0.1) is 6.85 Å². The molecule has 1 heterocycles. The van der Waals surface area contributed by atoms with Gasteiger partial charge in [0, 0.05) is 0 Å². The Labute approximate surface area is 165 Å². The Kier molecular flexibility index (Phi) is 3.78. The molecule has 2 heteroatoms. The van der Waals surface area contributed by atoms with Crippen molar-refractivity contribution in [3.05, 3.63) is 83.6 Å². The Morgan fingerprint density at radius 3 is 2.40 bits per heavy atom. The Bertz CT molecular complexity index is 1010. The molecule has 0 N–H and O–H groups in total. The molecule has 126 valence electrons. The summed E-state index contributed by atoms with van der Waals surface area (Å²) in [6.45, 7) is 4.38. The topological polar surface area (TPSA) is 12.9 Å². The van der Waals surface area contributed by atoms with Crippen molar-refractivity contribution in [1.82, 2.24) is 4.98 Å². The third kappa shape index (κ3) is 5.05. The van der Waals surface area contributed by atoms with Gasteiger partial charge in [-0.15, -0.1) is 0 Å². The van der Waals surface area contributed by atoms with Gasteiger partial charge in [0.05, 0.1) is 0 Å². The van der Waals surface area contributed by atoms with Crippen LogP contribution in [-0.4, -0.2) is 20.4 Å². The average Bonchev–Trinajstić information content (AvgIpc) is 2.67. The number of aromatic nitrogens is 1. The molecule has 1 nitrogen and oxygen atoms in total. The van der Waals surface area contributed by atoms with Gasteiger partial charge in [-0.25, -0.2) is 0 Å². The predicted molar refractivity (Wildman–Crippen MR) is 109 cm³/mol. The van der Waals surface area contributed by atoms with Crippen LogP contribution < -0.4 is 4.40 Å². The standard InChI is InChI=1S/C23H25GeN/c1-17-10-12-19(13-11-17)22-15-20(14-18-8-6-5-7-9-18)21(16-25-22)24-23(2,3)4/h5-13,15-16H,14H2,1-4H3/i1D3,14D2. The molecule has 3 rings (SSSR count). The fraction of sp³-hybridized carbons (Fsp3) is 0.261. The van der Waals surface area contributed by atoms with Gasteiger partial charge in [0.1, 0.15) is 0 Å². The number of benzene rings is 2. The maximum absolute atomic E-state index is 8.92. The van der Waals surface area contributed by atoms with Crippen LogP contribution in [0.1, 0.15) is 44.3 Å². The molecule has 0 spiro atoms. The van der Waals surface area contributed by atoms with E-state index in [-0.39, 0.29) is 9.81 Å². The molecular formula is C23H25GeN. The molecule has 0 aliphatic carbocycles. The van der Waals surface area contributed by atoms with Gasteiger partial charge in [-0.2, -0.15) is 0 Å². The SMILES string of the molecule is [2H]C([2H])([2H])c1ccc(-c2cc(C([2H])([2H])c3ccccc3)[c]([Ge][C](C)(C)C)cn2)cc1. The van der Waals surface area contributed by atoms with Crippen molar-refractivity contribution in [3.63, 3.8) is 0 Å². The quantitative estimate of drug-likeness (QED) is 0.556. The van der Waals surface area contributed by atoms with E-state index in [4.69, 9.17) is 6.85 Å². The first-order chi connectivity index (χ1) is 13.9. The summed E-state index contributed by atoms with van der Waals surface area (Å²) >= 11 is -0.637. The monoisotopic (exact) mass is 394 g/mol. The second-order valence-corrected chi connectivity index (χ2v) is 11.9. The third-order valence-corrected chi connectivity index (χ3v) is 6.62. The van der Waals surface area contributed by atoms with Gasteiger partial charge in [0.15, 0.2) is 0 Å². The van der Waals surface area contributed by atoms with Gasteiger partial charge >= 0.3 is 165 Å². The third-order valence-electron chi connectivity index (χ3n) is 3.65. The molecule has 2 radical (unpaired) electrons. The first-order valence-corrected chi connectivity index (χ1v) is 10.4. The molecule has 0 saturated carbocycles. The zero-order valence-electron chi connectivity index (χ0n) is 19.8. The molecule has 0 bridgehead atoms. The minimum absolute atomic E-state index is 0.103. The molecular weight excluding hydrogens is 363 g/mol. The van der Waals surface area contributed by atoms with Crippen LogP contribution in [0.2, 0.25) is 4.25 Å². The Morgan fingerprint density at radius 2 is 1.76 bits per heavy atom. The summed E-state index contributed by atoms with van der Waals surface area (Å²) < 4.78 is 41.6.